The number of aryl methyl sites for hydroxylation is 1. The van der Waals surface area contributed by atoms with Crippen molar-refractivity contribution < 1.29 is 0 Å². The molecule has 1 aromatic heterocycles. The van der Waals surface area contributed by atoms with E-state index in [0.29, 0.717) is 0 Å². The number of tetrazole rings is 1. The van der Waals surface area contributed by atoms with Gasteiger partial charge in [-0.05, 0) is 43.0 Å². The van der Waals surface area contributed by atoms with Crippen LogP contribution in [-0.4, -0.2) is 27.3 Å². The summed E-state index contributed by atoms with van der Waals surface area (Å²) >= 11 is 0. The Bertz CT molecular complexity index is 477. The Morgan fingerprint density at radius 1 is 1.31 bits per heavy atom. The van der Waals surface area contributed by atoms with E-state index in [2.05, 4.69) is 20.8 Å². The molecule has 5 nitrogen and oxygen atoms in total. The first kappa shape index (κ1) is 10.8. The van der Waals surface area contributed by atoms with Crippen LogP contribution >= 0.6 is 0 Å². The molecule has 1 unspecified atom stereocenters. The van der Waals surface area contributed by atoms with Gasteiger partial charge in [0.15, 0.2) is 5.82 Å². The maximum Gasteiger partial charge on any atom is 0.173 e. The molecule has 1 atom stereocenters. The number of benzene rings is 1. The summed E-state index contributed by atoms with van der Waals surface area (Å²) in [4.78, 5) is 0. The first-order chi connectivity index (χ1) is 7.74. The predicted octanol–water partition coefficient (Wildman–Crippen LogP) is 1.25. The van der Waals surface area contributed by atoms with Crippen molar-refractivity contribution in [3.63, 3.8) is 0 Å². The molecule has 0 aliphatic rings. The SMILES string of the molecule is CNC(C)c1nnnn1-c1ccccc1C. The lowest BCUT2D eigenvalue weighted by Gasteiger charge is -2.11. The Kier molecular flexibility index (Phi) is 2.96. The van der Waals surface area contributed by atoms with Gasteiger partial charge < -0.3 is 5.32 Å². The molecule has 0 aliphatic heterocycles. The summed E-state index contributed by atoms with van der Waals surface area (Å²) < 4.78 is 1.77. The Hall–Kier alpha value is -1.75. The second-order valence-corrected chi connectivity index (χ2v) is 3.75. The molecule has 0 fully saturated rings. The quantitative estimate of drug-likeness (QED) is 0.840. The zero-order valence-electron chi connectivity index (χ0n) is 9.68. The maximum atomic E-state index is 4.04. The summed E-state index contributed by atoms with van der Waals surface area (Å²) in [5.41, 5.74) is 2.17. The van der Waals surface area contributed by atoms with Gasteiger partial charge in [0.1, 0.15) is 0 Å². The number of aromatic nitrogens is 4. The number of nitrogens with one attached hydrogen (secondary N) is 1. The Labute approximate surface area is 94.5 Å². The third-order valence-corrected chi connectivity index (χ3v) is 2.66. The zero-order valence-corrected chi connectivity index (χ0v) is 9.68. The second kappa shape index (κ2) is 4.40. The molecule has 2 aromatic rings. The summed E-state index contributed by atoms with van der Waals surface area (Å²) in [6.07, 6.45) is 0. The fourth-order valence-electron chi connectivity index (χ4n) is 1.57. The van der Waals surface area contributed by atoms with Crippen LogP contribution in [-0.2, 0) is 0 Å². The van der Waals surface area contributed by atoms with Gasteiger partial charge in [-0.3, -0.25) is 0 Å². The summed E-state index contributed by atoms with van der Waals surface area (Å²) in [5, 5.41) is 14.9. The highest BCUT2D eigenvalue weighted by molar-refractivity contribution is 5.39. The normalized spacial score (nSPS) is 12.7. The molecule has 0 radical (unpaired) electrons. The minimum absolute atomic E-state index is 0.120. The average molecular weight is 217 g/mol. The minimum atomic E-state index is 0.120. The topological polar surface area (TPSA) is 55.6 Å². The molecule has 2 rings (SSSR count). The lowest BCUT2D eigenvalue weighted by molar-refractivity contribution is 0.588. The lowest BCUT2D eigenvalue weighted by Crippen LogP contribution is -2.18. The van der Waals surface area contributed by atoms with Crippen molar-refractivity contribution in [3.05, 3.63) is 35.7 Å². The van der Waals surface area contributed by atoms with E-state index in [4.69, 9.17) is 0 Å². The van der Waals surface area contributed by atoms with Crippen molar-refractivity contribution in [1.29, 1.82) is 0 Å². The van der Waals surface area contributed by atoms with Crippen molar-refractivity contribution in [2.45, 2.75) is 19.9 Å². The number of para-hydroxylation sites is 1. The molecule has 5 heteroatoms. The van der Waals surface area contributed by atoms with Gasteiger partial charge in [0.05, 0.1) is 11.7 Å². The maximum absolute atomic E-state index is 4.04. The van der Waals surface area contributed by atoms with E-state index in [-0.39, 0.29) is 6.04 Å². The third-order valence-electron chi connectivity index (χ3n) is 2.66. The van der Waals surface area contributed by atoms with E-state index < -0.39 is 0 Å². The monoisotopic (exact) mass is 217 g/mol. The van der Waals surface area contributed by atoms with Gasteiger partial charge in [0, 0.05) is 0 Å². The van der Waals surface area contributed by atoms with Crippen LogP contribution in [0.1, 0.15) is 24.4 Å². The van der Waals surface area contributed by atoms with Crippen molar-refractivity contribution >= 4 is 0 Å². The largest absolute Gasteiger partial charge is 0.311 e. The fraction of sp³-hybridized carbons (Fsp3) is 0.364. The van der Waals surface area contributed by atoms with Crippen molar-refractivity contribution in [2.75, 3.05) is 7.05 Å². The number of hydrogen-bond donors (Lipinski definition) is 1. The predicted molar refractivity (Wildman–Crippen MR) is 61.4 cm³/mol. The van der Waals surface area contributed by atoms with Gasteiger partial charge in [-0.25, -0.2) is 0 Å². The molecule has 0 aliphatic carbocycles. The van der Waals surface area contributed by atoms with Crippen molar-refractivity contribution in [2.24, 2.45) is 0 Å². The first-order valence-electron chi connectivity index (χ1n) is 5.25. The molecule has 0 saturated carbocycles. The number of rotatable bonds is 3. The molecular formula is C11H15N5. The Morgan fingerprint density at radius 2 is 2.06 bits per heavy atom. The molecule has 84 valence electrons. The van der Waals surface area contributed by atoms with Crippen molar-refractivity contribution in [1.82, 2.24) is 25.5 Å². The van der Waals surface area contributed by atoms with Gasteiger partial charge in [-0.2, -0.15) is 4.68 Å². The van der Waals surface area contributed by atoms with Gasteiger partial charge in [0.2, 0.25) is 0 Å². The van der Waals surface area contributed by atoms with Gasteiger partial charge in [-0.1, -0.05) is 18.2 Å². The second-order valence-electron chi connectivity index (χ2n) is 3.75. The summed E-state index contributed by atoms with van der Waals surface area (Å²) in [5.74, 6) is 0.816. The lowest BCUT2D eigenvalue weighted by atomic mass is 10.2. The summed E-state index contributed by atoms with van der Waals surface area (Å²) in [6.45, 7) is 4.07. The highest BCUT2D eigenvalue weighted by atomic mass is 15.5. The van der Waals surface area contributed by atoms with Gasteiger partial charge in [-0.15, -0.1) is 5.10 Å². The Balaban J connectivity index is 2.49. The summed E-state index contributed by atoms with van der Waals surface area (Å²) in [7, 11) is 1.89. The van der Waals surface area contributed by atoms with Crippen molar-refractivity contribution in [3.8, 4) is 5.69 Å². The van der Waals surface area contributed by atoms with Crippen LogP contribution in [0.3, 0.4) is 0 Å². The van der Waals surface area contributed by atoms with E-state index in [1.807, 2.05) is 45.2 Å². The van der Waals surface area contributed by atoms with Crippen LogP contribution in [0.25, 0.3) is 5.69 Å². The van der Waals surface area contributed by atoms with E-state index in [1.165, 1.54) is 0 Å². The number of nitrogens with zero attached hydrogens (tertiary/aromatic N) is 4. The average Bonchev–Trinajstić information content (AvgIpc) is 2.77. The summed E-state index contributed by atoms with van der Waals surface area (Å²) in [6, 6.07) is 8.17. The molecule has 0 spiro atoms. The van der Waals surface area contributed by atoms with E-state index >= 15 is 0 Å². The van der Waals surface area contributed by atoms with Crippen LogP contribution in [0.2, 0.25) is 0 Å². The smallest absolute Gasteiger partial charge is 0.173 e. The van der Waals surface area contributed by atoms with Crippen LogP contribution in [0.4, 0.5) is 0 Å². The molecule has 1 N–H and O–H groups in total. The highest BCUT2D eigenvalue weighted by Crippen LogP contribution is 2.16. The minimum Gasteiger partial charge on any atom is -0.311 e. The molecule has 0 amide bonds. The first-order valence-corrected chi connectivity index (χ1v) is 5.25. The zero-order chi connectivity index (χ0) is 11.5. The van der Waals surface area contributed by atoms with Crippen LogP contribution < -0.4 is 5.32 Å². The van der Waals surface area contributed by atoms with E-state index in [1.54, 1.807) is 4.68 Å². The molecule has 1 heterocycles. The molecule has 0 bridgehead atoms. The van der Waals surface area contributed by atoms with Gasteiger partial charge in [0.25, 0.3) is 0 Å². The fourth-order valence-corrected chi connectivity index (χ4v) is 1.57. The molecular weight excluding hydrogens is 202 g/mol. The van der Waals surface area contributed by atoms with E-state index in [9.17, 15) is 0 Å². The highest BCUT2D eigenvalue weighted by Gasteiger charge is 2.14. The standard InChI is InChI=1S/C11H15N5/c1-8-6-4-5-7-10(8)16-11(9(2)12-3)13-14-15-16/h4-7,9,12H,1-3H3. The number of hydrogen-bond acceptors (Lipinski definition) is 4. The van der Waals surface area contributed by atoms with E-state index in [0.717, 1.165) is 17.1 Å². The van der Waals surface area contributed by atoms with Crippen LogP contribution in [0, 0.1) is 6.92 Å². The molecule has 0 saturated heterocycles. The Morgan fingerprint density at radius 3 is 2.75 bits per heavy atom. The molecule has 1 aromatic carbocycles. The van der Waals surface area contributed by atoms with Crippen LogP contribution in [0.15, 0.2) is 24.3 Å². The third kappa shape index (κ3) is 1.81. The van der Waals surface area contributed by atoms with Crippen LogP contribution in [0.5, 0.6) is 0 Å². The van der Waals surface area contributed by atoms with Gasteiger partial charge >= 0.3 is 0 Å². The molecule has 16 heavy (non-hydrogen) atoms.